The van der Waals surface area contributed by atoms with E-state index in [2.05, 4.69) is 166 Å². The van der Waals surface area contributed by atoms with Gasteiger partial charge in [-0.15, -0.1) is 0 Å². The van der Waals surface area contributed by atoms with Gasteiger partial charge in [-0.05, 0) is 96.6 Å². The van der Waals surface area contributed by atoms with E-state index in [1.54, 1.807) is 12.1 Å². The Labute approximate surface area is 389 Å². The molecule has 0 fully saturated rings. The van der Waals surface area contributed by atoms with E-state index in [-0.39, 0.29) is 11.1 Å². The van der Waals surface area contributed by atoms with Crippen LogP contribution in [0.15, 0.2) is 218 Å². The maximum absolute atomic E-state index is 16.6. The quantitative estimate of drug-likeness (QED) is 0.173. The fourth-order valence-corrected chi connectivity index (χ4v) is 10.5. The summed E-state index contributed by atoms with van der Waals surface area (Å²) in [4.78, 5) is 0. The topological polar surface area (TPSA) is 50.6 Å². The van der Waals surface area contributed by atoms with Gasteiger partial charge in [0.25, 0.3) is 0 Å². The number of para-hydroxylation sites is 5. The molecule has 0 aliphatic heterocycles. The first-order chi connectivity index (χ1) is 33.5. The van der Waals surface area contributed by atoms with E-state index in [0.717, 1.165) is 87.9 Å². The van der Waals surface area contributed by atoms with E-state index in [0.29, 0.717) is 22.6 Å². The van der Waals surface area contributed by atoms with Gasteiger partial charge in [0.15, 0.2) is 0 Å². The first-order valence-corrected chi connectivity index (χ1v) is 22.5. The predicted molar refractivity (Wildman–Crippen MR) is 275 cm³/mol. The molecule has 0 saturated heterocycles. The molecule has 0 radical (unpaired) electrons. The van der Waals surface area contributed by atoms with Crippen LogP contribution >= 0.6 is 0 Å². The molecule has 68 heavy (non-hydrogen) atoms. The first-order valence-electron chi connectivity index (χ1n) is 22.5. The molecule has 13 aromatic rings. The Morgan fingerprint density at radius 2 is 0.824 bits per heavy atom. The van der Waals surface area contributed by atoms with E-state index in [1.165, 1.54) is 18.2 Å². The fraction of sp³-hybridized carbons (Fsp3) is 0. The van der Waals surface area contributed by atoms with Gasteiger partial charge in [-0.25, -0.2) is 8.78 Å². The molecule has 1 N–H and O–H groups in total. The molecule has 0 saturated carbocycles. The molecule has 0 spiro atoms. The zero-order chi connectivity index (χ0) is 45.5. The zero-order valence-corrected chi connectivity index (χ0v) is 36.3. The Morgan fingerprint density at radius 3 is 1.37 bits per heavy atom. The van der Waals surface area contributed by atoms with Gasteiger partial charge in [-0.3, -0.25) is 0 Å². The molecule has 0 amide bonds. The van der Waals surface area contributed by atoms with Crippen LogP contribution in [0.3, 0.4) is 0 Å². The third kappa shape index (κ3) is 5.98. The van der Waals surface area contributed by atoms with Gasteiger partial charge in [0.2, 0.25) is 0 Å². The molecule has 7 heteroatoms. The number of halogens is 2. The number of nitrogens with one attached hydrogen (secondary N) is 1. The van der Waals surface area contributed by atoms with Crippen LogP contribution in [-0.2, 0) is 0 Å². The standard InChI is InChI=1S/C61H37F2N5/c62-49-22-14-23-50(63)60(49)61-52(65-51-31-29-40(35-47(51)39-15-2-1-3-16-39)66-53-24-9-4-17-42(53)43-18-5-10-25-54(43)66)33-38(37-64)34-59(61)68-57-28-13-8-21-46(57)48-36-41(30-32-58(48)68)67-55-26-11-6-19-44(55)45-20-7-12-27-56(45)67/h1-36,65H. The molecule has 0 aliphatic carbocycles. The smallest absolute Gasteiger partial charge is 0.134 e. The highest BCUT2D eigenvalue weighted by Gasteiger charge is 2.26. The second-order valence-electron chi connectivity index (χ2n) is 17.1. The van der Waals surface area contributed by atoms with Gasteiger partial charge >= 0.3 is 0 Å². The van der Waals surface area contributed by atoms with Gasteiger partial charge in [-0.2, -0.15) is 5.26 Å². The van der Waals surface area contributed by atoms with Crippen molar-refractivity contribution in [3.63, 3.8) is 0 Å². The largest absolute Gasteiger partial charge is 0.354 e. The molecule has 320 valence electrons. The van der Waals surface area contributed by atoms with Crippen molar-refractivity contribution in [1.29, 1.82) is 5.26 Å². The van der Waals surface area contributed by atoms with Crippen LogP contribution in [0, 0.1) is 23.0 Å². The van der Waals surface area contributed by atoms with Crippen molar-refractivity contribution in [2.75, 3.05) is 5.32 Å². The summed E-state index contributed by atoms with van der Waals surface area (Å²) in [6, 6.07) is 74.1. The van der Waals surface area contributed by atoms with Crippen LogP contribution in [0.25, 0.3) is 105 Å². The van der Waals surface area contributed by atoms with Crippen molar-refractivity contribution < 1.29 is 8.78 Å². The Kier molecular flexibility index (Phi) is 8.89. The van der Waals surface area contributed by atoms with E-state index in [9.17, 15) is 5.26 Å². The van der Waals surface area contributed by atoms with Crippen LogP contribution in [0.2, 0.25) is 0 Å². The maximum Gasteiger partial charge on any atom is 0.134 e. The van der Waals surface area contributed by atoms with Gasteiger partial charge in [0.1, 0.15) is 11.6 Å². The Balaban J connectivity index is 1.06. The Morgan fingerprint density at radius 1 is 0.368 bits per heavy atom. The van der Waals surface area contributed by atoms with E-state index in [1.807, 2.05) is 47.0 Å². The van der Waals surface area contributed by atoms with Gasteiger partial charge in [-0.1, -0.05) is 127 Å². The number of benzene rings is 10. The van der Waals surface area contributed by atoms with Crippen LogP contribution in [-0.4, -0.2) is 13.7 Å². The average Bonchev–Trinajstić information content (AvgIpc) is 4.02. The summed E-state index contributed by atoms with van der Waals surface area (Å²) in [5.74, 6) is -1.45. The molecule has 3 heterocycles. The molecule has 0 unspecified atom stereocenters. The molecular formula is C61H37F2N5. The average molecular weight is 878 g/mol. The fourth-order valence-electron chi connectivity index (χ4n) is 10.5. The number of nitriles is 1. The van der Waals surface area contributed by atoms with E-state index < -0.39 is 11.6 Å². The minimum absolute atomic E-state index is 0.203. The molecular weight excluding hydrogens is 841 g/mol. The number of hydrogen-bond donors (Lipinski definition) is 1. The Hall–Kier alpha value is -9.25. The summed E-state index contributed by atoms with van der Waals surface area (Å²) >= 11 is 0. The number of hydrogen-bond acceptors (Lipinski definition) is 2. The molecule has 0 bridgehead atoms. The second kappa shape index (κ2) is 15.4. The zero-order valence-electron chi connectivity index (χ0n) is 36.3. The summed E-state index contributed by atoms with van der Waals surface area (Å²) in [5, 5.41) is 21.0. The first kappa shape index (κ1) is 39.1. The minimum atomic E-state index is -0.724. The summed E-state index contributed by atoms with van der Waals surface area (Å²) in [5.41, 5.74) is 11.6. The number of fused-ring (bicyclic) bond motifs is 9. The van der Waals surface area contributed by atoms with Crippen LogP contribution < -0.4 is 5.32 Å². The highest BCUT2D eigenvalue weighted by molar-refractivity contribution is 6.13. The van der Waals surface area contributed by atoms with E-state index >= 15 is 8.78 Å². The lowest BCUT2D eigenvalue weighted by Crippen LogP contribution is -2.06. The maximum atomic E-state index is 16.6. The summed E-state index contributed by atoms with van der Waals surface area (Å²) in [6.45, 7) is 0. The van der Waals surface area contributed by atoms with Crippen molar-refractivity contribution in [3.05, 3.63) is 236 Å². The number of anilines is 2. The summed E-state index contributed by atoms with van der Waals surface area (Å²) in [7, 11) is 0. The molecule has 10 aromatic carbocycles. The minimum Gasteiger partial charge on any atom is -0.354 e. The molecule has 5 nitrogen and oxygen atoms in total. The highest BCUT2D eigenvalue weighted by Crippen LogP contribution is 2.45. The number of aromatic nitrogens is 3. The van der Waals surface area contributed by atoms with Gasteiger partial charge in [0.05, 0.1) is 61.7 Å². The van der Waals surface area contributed by atoms with Crippen LogP contribution in [0.5, 0.6) is 0 Å². The lowest BCUT2D eigenvalue weighted by Gasteiger charge is -2.22. The van der Waals surface area contributed by atoms with Crippen molar-refractivity contribution >= 4 is 76.8 Å². The third-order valence-electron chi connectivity index (χ3n) is 13.4. The number of nitrogens with zero attached hydrogens (tertiary/aromatic N) is 4. The Bertz CT molecular complexity index is 4100. The van der Waals surface area contributed by atoms with Crippen LogP contribution in [0.4, 0.5) is 20.2 Å². The van der Waals surface area contributed by atoms with Crippen molar-refractivity contribution in [2.24, 2.45) is 0 Å². The SMILES string of the molecule is N#Cc1cc(Nc2ccc(-n3c4ccccc4c4ccccc43)cc2-c2ccccc2)c(-c2c(F)cccc2F)c(-n2c3ccccc3c3cc(-n4c5ccccc5c5ccccc54)ccc32)c1. The lowest BCUT2D eigenvalue weighted by atomic mass is 9.96. The van der Waals surface area contributed by atoms with E-state index in [4.69, 9.17) is 0 Å². The van der Waals surface area contributed by atoms with Crippen LogP contribution in [0.1, 0.15) is 5.56 Å². The second-order valence-corrected chi connectivity index (χ2v) is 17.1. The van der Waals surface area contributed by atoms with Gasteiger partial charge in [0, 0.05) is 60.5 Å². The normalized spacial score (nSPS) is 11.7. The highest BCUT2D eigenvalue weighted by atomic mass is 19.1. The summed E-state index contributed by atoms with van der Waals surface area (Å²) in [6.07, 6.45) is 0. The van der Waals surface area contributed by atoms with Crippen molar-refractivity contribution in [1.82, 2.24) is 13.7 Å². The monoisotopic (exact) mass is 877 g/mol. The predicted octanol–water partition coefficient (Wildman–Crippen LogP) is 16.2. The number of rotatable bonds is 7. The third-order valence-corrected chi connectivity index (χ3v) is 13.4. The lowest BCUT2D eigenvalue weighted by molar-refractivity contribution is 0.589. The molecule has 0 aliphatic rings. The van der Waals surface area contributed by atoms with Gasteiger partial charge < -0.3 is 19.0 Å². The molecule has 13 rings (SSSR count). The van der Waals surface area contributed by atoms with Crippen molar-refractivity contribution in [3.8, 4) is 45.4 Å². The van der Waals surface area contributed by atoms with Crippen molar-refractivity contribution in [2.45, 2.75) is 0 Å². The molecule has 3 aromatic heterocycles. The molecule has 0 atom stereocenters. The summed E-state index contributed by atoms with van der Waals surface area (Å²) < 4.78 is 39.8.